The summed E-state index contributed by atoms with van der Waals surface area (Å²) in [6.07, 6.45) is 0.116. The molecule has 0 saturated carbocycles. The molecule has 0 aliphatic carbocycles. The Balaban J connectivity index is 2.15. The first-order valence-corrected chi connectivity index (χ1v) is 9.70. The predicted molar refractivity (Wildman–Crippen MR) is 112 cm³/mol. The number of carbonyl (C=O) groups excluding carboxylic acids is 3. The minimum Gasteiger partial charge on any atom is -0.480 e. The average Bonchev–Trinajstić information content (AvgIpc) is 3.12. The second-order valence-corrected chi connectivity index (χ2v) is 7.30. The van der Waals surface area contributed by atoms with Gasteiger partial charge in [0.15, 0.2) is 0 Å². The van der Waals surface area contributed by atoms with Gasteiger partial charge in [-0.05, 0) is 25.0 Å². The van der Waals surface area contributed by atoms with Crippen molar-refractivity contribution in [2.45, 2.75) is 50.4 Å². The molecule has 2 aromatic rings. The van der Waals surface area contributed by atoms with Crippen molar-refractivity contribution in [3.8, 4) is 0 Å². The van der Waals surface area contributed by atoms with Crippen LogP contribution in [0, 0.1) is 0 Å². The van der Waals surface area contributed by atoms with Crippen LogP contribution in [0.1, 0.15) is 25.3 Å². The summed E-state index contributed by atoms with van der Waals surface area (Å²) in [5.41, 5.74) is 12.2. The molecule has 1 aromatic carbocycles. The number of fused-ring (bicyclic) bond motifs is 1. The van der Waals surface area contributed by atoms with Crippen LogP contribution in [-0.4, -0.2) is 63.1 Å². The summed E-state index contributed by atoms with van der Waals surface area (Å²) in [5, 5.41) is 24.6. The fourth-order valence-electron chi connectivity index (χ4n) is 3.04. The van der Waals surface area contributed by atoms with Crippen LogP contribution in [0.15, 0.2) is 30.5 Å². The van der Waals surface area contributed by atoms with Crippen LogP contribution in [0.2, 0.25) is 0 Å². The number of aliphatic hydroxyl groups excluding tert-OH is 1. The molecule has 31 heavy (non-hydrogen) atoms. The number of carboxylic acids is 1. The first-order chi connectivity index (χ1) is 14.6. The van der Waals surface area contributed by atoms with Crippen molar-refractivity contribution >= 4 is 34.6 Å². The lowest BCUT2D eigenvalue weighted by atomic mass is 10.0. The zero-order valence-electron chi connectivity index (χ0n) is 17.0. The fraction of sp³-hybridized carbons (Fsp3) is 0.400. The zero-order chi connectivity index (χ0) is 23.1. The third kappa shape index (κ3) is 6.52. The van der Waals surface area contributed by atoms with E-state index in [9.17, 15) is 29.4 Å². The van der Waals surface area contributed by atoms with Crippen molar-refractivity contribution in [2.24, 2.45) is 11.5 Å². The summed E-state index contributed by atoms with van der Waals surface area (Å²) in [4.78, 5) is 50.8. The summed E-state index contributed by atoms with van der Waals surface area (Å²) < 4.78 is 0. The van der Waals surface area contributed by atoms with Gasteiger partial charge in [-0.3, -0.25) is 14.4 Å². The topological polar surface area (TPSA) is 201 Å². The Hall–Kier alpha value is -3.44. The van der Waals surface area contributed by atoms with E-state index in [-0.39, 0.29) is 19.3 Å². The van der Waals surface area contributed by atoms with Gasteiger partial charge in [0.25, 0.3) is 0 Å². The molecule has 11 nitrogen and oxygen atoms in total. The van der Waals surface area contributed by atoms with Crippen molar-refractivity contribution in [3.05, 3.63) is 36.0 Å². The summed E-state index contributed by atoms with van der Waals surface area (Å²) in [7, 11) is 0. The fourth-order valence-corrected chi connectivity index (χ4v) is 3.04. The lowest BCUT2D eigenvalue weighted by Crippen LogP contribution is -2.56. The number of amides is 3. The molecule has 11 heteroatoms. The zero-order valence-corrected chi connectivity index (χ0v) is 17.0. The minimum absolute atomic E-state index is 0.00520. The molecular weight excluding hydrogens is 406 g/mol. The molecule has 1 aromatic heterocycles. The number of rotatable bonds is 11. The number of aliphatic carboxylic acids is 1. The Bertz CT molecular complexity index is 956. The lowest BCUT2D eigenvalue weighted by Gasteiger charge is -2.23. The highest BCUT2D eigenvalue weighted by molar-refractivity contribution is 5.92. The van der Waals surface area contributed by atoms with E-state index >= 15 is 0 Å². The van der Waals surface area contributed by atoms with Gasteiger partial charge in [-0.25, -0.2) is 4.79 Å². The number of hydrogen-bond acceptors (Lipinski definition) is 6. The van der Waals surface area contributed by atoms with E-state index in [0.29, 0.717) is 5.56 Å². The molecule has 3 amide bonds. The van der Waals surface area contributed by atoms with Crippen molar-refractivity contribution in [1.29, 1.82) is 0 Å². The number of primary amides is 1. The molecule has 0 saturated heterocycles. The molecule has 0 aliphatic heterocycles. The van der Waals surface area contributed by atoms with Gasteiger partial charge in [0.2, 0.25) is 17.7 Å². The highest BCUT2D eigenvalue weighted by atomic mass is 16.4. The number of H-pyrrole nitrogens is 1. The number of nitrogens with one attached hydrogen (secondary N) is 3. The minimum atomic E-state index is -1.30. The summed E-state index contributed by atoms with van der Waals surface area (Å²) in [5.74, 6) is -3.58. The number of aliphatic hydroxyl groups is 1. The van der Waals surface area contributed by atoms with E-state index in [1.807, 2.05) is 24.3 Å². The van der Waals surface area contributed by atoms with Gasteiger partial charge >= 0.3 is 5.97 Å². The molecule has 0 unspecified atom stereocenters. The molecule has 9 N–H and O–H groups in total. The Morgan fingerprint density at radius 3 is 2.35 bits per heavy atom. The molecule has 0 fully saturated rings. The first-order valence-electron chi connectivity index (χ1n) is 9.70. The molecule has 0 radical (unpaired) electrons. The van der Waals surface area contributed by atoms with Gasteiger partial charge in [-0.1, -0.05) is 18.2 Å². The van der Waals surface area contributed by atoms with Gasteiger partial charge in [-0.2, -0.15) is 0 Å². The summed E-state index contributed by atoms with van der Waals surface area (Å²) >= 11 is 0. The lowest BCUT2D eigenvalue weighted by molar-refractivity contribution is -0.142. The SMILES string of the molecule is C[C@@H](O)[C@H](N)C(=O)N[C@@H](CCC(N)=O)C(=O)N[C@@H](Cc1c[nH]c2ccccc12)C(=O)O. The van der Waals surface area contributed by atoms with Gasteiger partial charge < -0.3 is 37.3 Å². The number of carbonyl (C=O) groups is 4. The first kappa shape index (κ1) is 23.8. The maximum atomic E-state index is 12.7. The van der Waals surface area contributed by atoms with Gasteiger partial charge in [0.05, 0.1) is 6.10 Å². The maximum Gasteiger partial charge on any atom is 0.326 e. The van der Waals surface area contributed by atoms with Crippen LogP contribution in [-0.2, 0) is 25.6 Å². The number of nitrogens with two attached hydrogens (primary N) is 2. The van der Waals surface area contributed by atoms with Crippen LogP contribution in [0.25, 0.3) is 10.9 Å². The molecule has 4 atom stereocenters. The van der Waals surface area contributed by atoms with E-state index in [0.717, 1.165) is 10.9 Å². The van der Waals surface area contributed by atoms with Crippen LogP contribution < -0.4 is 22.1 Å². The monoisotopic (exact) mass is 433 g/mol. The van der Waals surface area contributed by atoms with Crippen LogP contribution >= 0.6 is 0 Å². The third-order valence-electron chi connectivity index (χ3n) is 4.85. The number of aromatic amines is 1. The van der Waals surface area contributed by atoms with E-state index in [1.54, 1.807) is 6.20 Å². The van der Waals surface area contributed by atoms with Crippen molar-refractivity contribution in [2.75, 3.05) is 0 Å². The summed E-state index contributed by atoms with van der Waals surface area (Å²) in [6, 6.07) is 3.48. The van der Waals surface area contributed by atoms with E-state index in [1.165, 1.54) is 6.92 Å². The van der Waals surface area contributed by atoms with Gasteiger partial charge in [0.1, 0.15) is 18.1 Å². The Morgan fingerprint density at radius 2 is 1.74 bits per heavy atom. The van der Waals surface area contributed by atoms with Gasteiger partial charge in [-0.15, -0.1) is 0 Å². The summed E-state index contributed by atoms with van der Waals surface area (Å²) in [6.45, 7) is 1.31. The maximum absolute atomic E-state index is 12.7. The van der Waals surface area contributed by atoms with Gasteiger partial charge in [0, 0.05) is 29.9 Å². The van der Waals surface area contributed by atoms with Crippen molar-refractivity contribution < 1.29 is 29.4 Å². The molecular formula is C20H27N5O6. The second kappa shape index (κ2) is 10.5. The Labute approximate surface area is 178 Å². The highest BCUT2D eigenvalue weighted by Crippen LogP contribution is 2.19. The molecule has 2 rings (SSSR count). The normalized spacial score (nSPS) is 14.9. The predicted octanol–water partition coefficient (Wildman–Crippen LogP) is -1.26. The van der Waals surface area contributed by atoms with Crippen molar-refractivity contribution in [3.63, 3.8) is 0 Å². The van der Waals surface area contributed by atoms with Crippen LogP contribution in [0.5, 0.6) is 0 Å². The standard InChI is InChI=1S/C20H27N5O6/c1-10(26)17(22)19(29)24-14(6-7-16(21)27)18(28)25-15(20(30)31)8-11-9-23-13-5-3-2-4-12(11)13/h2-5,9-10,14-15,17,23,26H,6-8,22H2,1H3,(H2,21,27)(H,24,29)(H,25,28)(H,30,31)/t10-,14+,15+,17+/m1/s1. The Kier molecular flexibility index (Phi) is 8.11. The smallest absolute Gasteiger partial charge is 0.326 e. The highest BCUT2D eigenvalue weighted by Gasteiger charge is 2.29. The number of hydrogen-bond donors (Lipinski definition) is 7. The molecule has 0 bridgehead atoms. The third-order valence-corrected chi connectivity index (χ3v) is 4.85. The molecule has 1 heterocycles. The van der Waals surface area contributed by atoms with Crippen LogP contribution in [0.3, 0.4) is 0 Å². The molecule has 168 valence electrons. The van der Waals surface area contributed by atoms with Crippen molar-refractivity contribution in [1.82, 2.24) is 15.6 Å². The molecule has 0 spiro atoms. The number of benzene rings is 1. The number of aromatic nitrogens is 1. The van der Waals surface area contributed by atoms with E-state index in [2.05, 4.69) is 15.6 Å². The number of para-hydroxylation sites is 1. The van der Waals surface area contributed by atoms with E-state index < -0.39 is 47.9 Å². The largest absolute Gasteiger partial charge is 0.480 e. The quantitative estimate of drug-likeness (QED) is 0.229. The van der Waals surface area contributed by atoms with Crippen LogP contribution in [0.4, 0.5) is 0 Å². The molecule has 0 aliphatic rings. The average molecular weight is 433 g/mol. The second-order valence-electron chi connectivity index (χ2n) is 7.30. The number of carboxylic acid groups (broad SMARTS) is 1. The Morgan fingerprint density at radius 1 is 1.10 bits per heavy atom. The van der Waals surface area contributed by atoms with E-state index in [4.69, 9.17) is 11.5 Å².